The second-order valence-electron chi connectivity index (χ2n) is 6.80. The van der Waals surface area contributed by atoms with Gasteiger partial charge in [-0.05, 0) is 38.3 Å². The topological polar surface area (TPSA) is 71.5 Å². The molecule has 0 amide bonds. The highest BCUT2D eigenvalue weighted by Gasteiger charge is 2.33. The summed E-state index contributed by atoms with van der Waals surface area (Å²) in [6, 6.07) is 7.83. The molecule has 1 heterocycles. The highest BCUT2D eigenvalue weighted by atomic mass is 16.5. The van der Waals surface area contributed by atoms with Gasteiger partial charge >= 0.3 is 5.97 Å². The number of pyridine rings is 1. The van der Waals surface area contributed by atoms with E-state index in [4.69, 9.17) is 9.72 Å². The Morgan fingerprint density at radius 1 is 1.32 bits per heavy atom. The van der Waals surface area contributed by atoms with Gasteiger partial charge in [0.15, 0.2) is 0 Å². The van der Waals surface area contributed by atoms with E-state index in [0.717, 1.165) is 42.1 Å². The van der Waals surface area contributed by atoms with Crippen molar-refractivity contribution in [3.05, 3.63) is 41.1 Å². The van der Waals surface area contributed by atoms with Crippen LogP contribution in [0.5, 0.6) is 0 Å². The zero-order valence-corrected chi connectivity index (χ0v) is 15.0. The predicted molar refractivity (Wildman–Crippen MR) is 97.6 cm³/mol. The highest BCUT2D eigenvalue weighted by molar-refractivity contribution is 5.98. The molecule has 0 saturated heterocycles. The number of aliphatic hydroxyl groups is 1. The number of carbonyl (C=O) groups excluding carboxylic acids is 1. The van der Waals surface area contributed by atoms with Gasteiger partial charge < -0.3 is 15.2 Å². The highest BCUT2D eigenvalue weighted by Crippen LogP contribution is 2.30. The molecule has 2 aromatic rings. The molecule has 5 nitrogen and oxygen atoms in total. The Morgan fingerprint density at radius 2 is 2.04 bits per heavy atom. The summed E-state index contributed by atoms with van der Waals surface area (Å²) in [5.74, 6) is -0.334. The molecule has 0 radical (unpaired) electrons. The molecule has 0 bridgehead atoms. The first kappa shape index (κ1) is 17.8. The molecular weight excluding hydrogens is 316 g/mol. The van der Waals surface area contributed by atoms with Crippen molar-refractivity contribution in [3.63, 3.8) is 0 Å². The van der Waals surface area contributed by atoms with E-state index < -0.39 is 0 Å². The van der Waals surface area contributed by atoms with Gasteiger partial charge in [0.25, 0.3) is 0 Å². The summed E-state index contributed by atoms with van der Waals surface area (Å²) < 4.78 is 5.27. The molecule has 134 valence electrons. The third kappa shape index (κ3) is 3.53. The molecule has 2 N–H and O–H groups in total. The maximum atomic E-state index is 12.5. The van der Waals surface area contributed by atoms with Crippen molar-refractivity contribution in [2.45, 2.75) is 51.6 Å². The molecule has 1 aromatic carbocycles. The number of aryl methyl sites for hydroxylation is 1. The second kappa shape index (κ2) is 7.50. The molecule has 1 saturated carbocycles. The molecule has 1 aliphatic rings. The van der Waals surface area contributed by atoms with E-state index in [1.165, 1.54) is 0 Å². The molecule has 1 fully saturated rings. The number of nitrogens with zero attached hydrogens (tertiary/aromatic N) is 1. The minimum Gasteiger partial charge on any atom is -0.462 e. The van der Waals surface area contributed by atoms with Gasteiger partial charge in [-0.15, -0.1) is 0 Å². The van der Waals surface area contributed by atoms with Gasteiger partial charge in [0, 0.05) is 17.5 Å². The summed E-state index contributed by atoms with van der Waals surface area (Å²) in [6.07, 6.45) is 4.13. The first-order valence-corrected chi connectivity index (χ1v) is 9.01. The summed E-state index contributed by atoms with van der Waals surface area (Å²) in [5.41, 5.74) is 2.74. The van der Waals surface area contributed by atoms with E-state index in [0.29, 0.717) is 24.4 Å². The number of fused-ring (bicyclic) bond motifs is 1. The van der Waals surface area contributed by atoms with Crippen LogP contribution >= 0.6 is 0 Å². The van der Waals surface area contributed by atoms with Crippen LogP contribution in [0.25, 0.3) is 10.9 Å². The van der Waals surface area contributed by atoms with E-state index in [2.05, 4.69) is 5.32 Å². The third-order valence-electron chi connectivity index (χ3n) is 5.20. The fourth-order valence-corrected chi connectivity index (χ4v) is 3.76. The quantitative estimate of drug-likeness (QED) is 0.789. The number of aliphatic hydroxyl groups excluding tert-OH is 1. The summed E-state index contributed by atoms with van der Waals surface area (Å²) in [6.45, 7) is 4.63. The van der Waals surface area contributed by atoms with E-state index in [1.807, 2.05) is 31.2 Å². The lowest BCUT2D eigenvalue weighted by Gasteiger charge is -2.28. The van der Waals surface area contributed by atoms with Crippen LogP contribution < -0.4 is 5.32 Å². The molecule has 5 heteroatoms. The lowest BCUT2D eigenvalue weighted by molar-refractivity contribution is 0.0523. The number of hydrogen-bond acceptors (Lipinski definition) is 5. The van der Waals surface area contributed by atoms with Gasteiger partial charge in [-0.2, -0.15) is 0 Å². The fraction of sp³-hybridized carbons (Fsp3) is 0.500. The van der Waals surface area contributed by atoms with E-state index in [9.17, 15) is 9.90 Å². The predicted octanol–water partition coefficient (Wildman–Crippen LogP) is 3.11. The van der Waals surface area contributed by atoms with Crippen LogP contribution in [-0.4, -0.2) is 34.8 Å². The Hall–Kier alpha value is -1.98. The van der Waals surface area contributed by atoms with Crippen LogP contribution in [0.3, 0.4) is 0 Å². The third-order valence-corrected chi connectivity index (χ3v) is 5.20. The molecule has 25 heavy (non-hydrogen) atoms. The van der Waals surface area contributed by atoms with Crippen LogP contribution in [0.2, 0.25) is 0 Å². The van der Waals surface area contributed by atoms with Crippen molar-refractivity contribution < 1.29 is 14.6 Å². The first-order valence-electron chi connectivity index (χ1n) is 9.01. The number of para-hydroxylation sites is 1. The van der Waals surface area contributed by atoms with E-state index in [-0.39, 0.29) is 18.1 Å². The summed E-state index contributed by atoms with van der Waals surface area (Å²) in [7, 11) is 0. The average molecular weight is 342 g/mol. The van der Waals surface area contributed by atoms with E-state index in [1.54, 1.807) is 6.92 Å². The smallest absolute Gasteiger partial charge is 0.340 e. The number of ether oxygens (including phenoxy) is 1. The Kier molecular flexibility index (Phi) is 5.35. The van der Waals surface area contributed by atoms with Crippen LogP contribution in [0, 0.1) is 6.92 Å². The monoisotopic (exact) mass is 342 g/mol. The van der Waals surface area contributed by atoms with Crippen molar-refractivity contribution >= 4 is 16.9 Å². The maximum Gasteiger partial charge on any atom is 0.340 e. The molecule has 1 aromatic heterocycles. The minimum atomic E-state index is -0.334. The number of benzene rings is 1. The Bertz CT molecular complexity index is 767. The molecule has 0 atom stereocenters. The average Bonchev–Trinajstić information content (AvgIpc) is 3.10. The molecule has 1 aliphatic carbocycles. The second-order valence-corrected chi connectivity index (χ2v) is 6.80. The van der Waals surface area contributed by atoms with Gasteiger partial charge in [0.2, 0.25) is 0 Å². The van der Waals surface area contributed by atoms with E-state index >= 15 is 0 Å². The van der Waals surface area contributed by atoms with Crippen LogP contribution in [-0.2, 0) is 11.3 Å². The Morgan fingerprint density at radius 3 is 2.72 bits per heavy atom. The number of carbonyl (C=O) groups is 1. The van der Waals surface area contributed by atoms with Gasteiger partial charge in [-0.3, -0.25) is 4.98 Å². The molecule has 0 spiro atoms. The summed E-state index contributed by atoms with van der Waals surface area (Å²) >= 11 is 0. The zero-order valence-electron chi connectivity index (χ0n) is 15.0. The molecular formula is C20H26N2O3. The standard InChI is InChI=1S/C20H26N2O3/c1-3-25-19(24)18-14(2)15-8-4-5-9-16(15)22-17(18)12-21-20(13-23)10-6-7-11-20/h4-5,8-9,21,23H,3,6-7,10-13H2,1-2H3. The fourth-order valence-electron chi connectivity index (χ4n) is 3.76. The van der Waals surface area contributed by atoms with Crippen molar-refractivity contribution in [1.82, 2.24) is 10.3 Å². The molecule has 3 rings (SSSR count). The van der Waals surface area contributed by atoms with Crippen molar-refractivity contribution in [2.24, 2.45) is 0 Å². The number of nitrogens with one attached hydrogen (secondary N) is 1. The number of esters is 1. The SMILES string of the molecule is CCOC(=O)c1c(CNC2(CO)CCCC2)nc2ccccc2c1C. The minimum absolute atomic E-state index is 0.105. The van der Waals surface area contributed by atoms with Crippen LogP contribution in [0.1, 0.15) is 54.2 Å². The number of rotatable bonds is 6. The summed E-state index contributed by atoms with van der Waals surface area (Å²) in [4.78, 5) is 17.3. The zero-order chi connectivity index (χ0) is 17.9. The van der Waals surface area contributed by atoms with Gasteiger partial charge in [-0.1, -0.05) is 31.0 Å². The van der Waals surface area contributed by atoms with Crippen molar-refractivity contribution in [2.75, 3.05) is 13.2 Å². The van der Waals surface area contributed by atoms with Crippen LogP contribution in [0.15, 0.2) is 24.3 Å². The molecule has 0 unspecified atom stereocenters. The lowest BCUT2D eigenvalue weighted by atomic mass is 9.97. The first-order chi connectivity index (χ1) is 12.1. The Balaban J connectivity index is 1.99. The molecule has 0 aliphatic heterocycles. The van der Waals surface area contributed by atoms with Crippen LogP contribution in [0.4, 0.5) is 0 Å². The Labute approximate surface area is 148 Å². The van der Waals surface area contributed by atoms with Gasteiger partial charge in [0.05, 0.1) is 30.0 Å². The number of hydrogen-bond donors (Lipinski definition) is 2. The lowest BCUT2D eigenvalue weighted by Crippen LogP contribution is -2.45. The van der Waals surface area contributed by atoms with Crippen molar-refractivity contribution in [1.29, 1.82) is 0 Å². The van der Waals surface area contributed by atoms with Crippen molar-refractivity contribution in [3.8, 4) is 0 Å². The number of aromatic nitrogens is 1. The normalized spacial score (nSPS) is 16.3. The van der Waals surface area contributed by atoms with Gasteiger partial charge in [-0.25, -0.2) is 4.79 Å². The summed E-state index contributed by atoms with van der Waals surface area (Å²) in [5, 5.41) is 14.2. The van der Waals surface area contributed by atoms with Gasteiger partial charge in [0.1, 0.15) is 0 Å². The maximum absolute atomic E-state index is 12.5. The largest absolute Gasteiger partial charge is 0.462 e.